The molecule has 1 radical (unpaired) electrons. The zero-order valence-electron chi connectivity index (χ0n) is 3.13. The number of aliphatic hydroxyl groups excluding tert-OH is 2. The fourth-order valence-corrected chi connectivity index (χ4v) is 0.0398. The topological polar surface area (TPSA) is 40.5 Å². The highest BCUT2D eigenvalue weighted by atomic mass is 19.1. The van der Waals surface area contributed by atoms with E-state index < -0.39 is 12.8 Å². The monoisotopic (exact) mass is 93.0 g/mol. The second-order valence-corrected chi connectivity index (χ2v) is 0.871. The second kappa shape index (κ2) is 3.06. The van der Waals surface area contributed by atoms with Crippen LogP contribution in [0.5, 0.6) is 0 Å². The molecule has 2 nitrogen and oxygen atoms in total. The van der Waals surface area contributed by atoms with Crippen molar-refractivity contribution in [2.45, 2.75) is 6.10 Å². The van der Waals surface area contributed by atoms with Gasteiger partial charge in [0.25, 0.3) is 0 Å². The minimum absolute atomic E-state index is 0.403. The molecule has 0 aliphatic rings. The molecule has 0 aliphatic carbocycles. The van der Waals surface area contributed by atoms with E-state index >= 15 is 0 Å². The van der Waals surface area contributed by atoms with Gasteiger partial charge in [0.1, 0.15) is 19.4 Å². The molecule has 0 bridgehead atoms. The van der Waals surface area contributed by atoms with Crippen LogP contribution in [0.25, 0.3) is 0 Å². The summed E-state index contributed by atoms with van der Waals surface area (Å²) in [6.45, 7) is -0.517. The Balaban J connectivity index is 2.75. The molecule has 0 aliphatic heterocycles. The van der Waals surface area contributed by atoms with Crippen molar-refractivity contribution in [1.82, 2.24) is 0 Å². The molecular formula is C3H6FO2. The van der Waals surface area contributed by atoms with Crippen molar-refractivity contribution >= 4 is 0 Å². The molecule has 0 rings (SSSR count). The van der Waals surface area contributed by atoms with E-state index in [1.165, 1.54) is 0 Å². The summed E-state index contributed by atoms with van der Waals surface area (Å²) < 4.78 is 10.9. The average Bonchev–Trinajstić information content (AvgIpc) is 1.65. The van der Waals surface area contributed by atoms with Gasteiger partial charge in [-0.25, -0.2) is 4.39 Å². The summed E-state index contributed by atoms with van der Waals surface area (Å²) in [4.78, 5) is 0. The highest BCUT2D eigenvalue weighted by molar-refractivity contribution is 4.58. The number of halogens is 1. The largest absolute Gasteiger partial charge is 0.388 e. The van der Waals surface area contributed by atoms with Crippen molar-refractivity contribution in [3.05, 3.63) is 6.61 Å². The number of aliphatic hydroxyl groups is 2. The Kier molecular flexibility index (Phi) is 2.98. The molecule has 2 N–H and O–H groups in total. The van der Waals surface area contributed by atoms with Crippen LogP contribution in [0, 0.1) is 6.61 Å². The Morgan fingerprint density at radius 2 is 2.33 bits per heavy atom. The summed E-state index contributed by atoms with van der Waals surface area (Å²) in [5, 5.41) is 15.7. The quantitative estimate of drug-likeness (QED) is 0.498. The number of hydrogen-bond acceptors (Lipinski definition) is 2. The van der Waals surface area contributed by atoms with Gasteiger partial charge in [-0.15, -0.1) is 0 Å². The first-order chi connectivity index (χ1) is 2.81. The lowest BCUT2D eigenvalue weighted by atomic mass is 10.4. The summed E-state index contributed by atoms with van der Waals surface area (Å²) in [5.74, 6) is 0. The molecule has 0 fully saturated rings. The third kappa shape index (κ3) is 2.11. The molecule has 0 amide bonds. The Bertz CT molecular complexity index is 28.0. The van der Waals surface area contributed by atoms with Crippen molar-refractivity contribution in [3.63, 3.8) is 0 Å². The molecule has 3 heteroatoms. The van der Waals surface area contributed by atoms with Gasteiger partial charge in [-0.3, -0.25) is 0 Å². The van der Waals surface area contributed by atoms with Crippen molar-refractivity contribution in [3.8, 4) is 0 Å². The van der Waals surface area contributed by atoms with Crippen LogP contribution in [-0.4, -0.2) is 23.0 Å². The van der Waals surface area contributed by atoms with Gasteiger partial charge >= 0.3 is 0 Å². The molecule has 0 aromatic heterocycles. The van der Waals surface area contributed by atoms with E-state index in [0.29, 0.717) is 6.61 Å². The summed E-state index contributed by atoms with van der Waals surface area (Å²) in [6.07, 6.45) is -1.30. The molecule has 1 unspecified atom stereocenters. The van der Waals surface area contributed by atoms with E-state index in [0.717, 1.165) is 0 Å². The summed E-state index contributed by atoms with van der Waals surface area (Å²) >= 11 is 0. The number of alkyl halides is 1. The Morgan fingerprint density at radius 3 is 2.33 bits per heavy atom. The maximum atomic E-state index is 10.9. The molecule has 0 aromatic carbocycles. The van der Waals surface area contributed by atoms with Gasteiger partial charge in [-0.1, -0.05) is 0 Å². The first kappa shape index (κ1) is 5.85. The van der Waals surface area contributed by atoms with Crippen LogP contribution in [0.4, 0.5) is 4.39 Å². The number of rotatable bonds is 2. The molecule has 0 saturated carbocycles. The third-order valence-electron chi connectivity index (χ3n) is 0.330. The molecule has 0 saturated heterocycles. The second-order valence-electron chi connectivity index (χ2n) is 0.871. The van der Waals surface area contributed by atoms with Crippen LogP contribution in [0.15, 0.2) is 0 Å². The van der Waals surface area contributed by atoms with Crippen molar-refractivity contribution < 1.29 is 14.6 Å². The Hall–Kier alpha value is -0.150. The Labute approximate surface area is 35.2 Å². The molecule has 37 valence electrons. The van der Waals surface area contributed by atoms with Gasteiger partial charge < -0.3 is 10.2 Å². The van der Waals surface area contributed by atoms with Crippen LogP contribution in [0.3, 0.4) is 0 Å². The van der Waals surface area contributed by atoms with E-state index in [2.05, 4.69) is 0 Å². The predicted molar refractivity (Wildman–Crippen MR) is 18.2 cm³/mol. The standard InChI is InChI=1S/C3H6FO2/c4-1-3(6)2-5/h2-3,5-6H,1H2. The lowest BCUT2D eigenvalue weighted by Crippen LogP contribution is -2.07. The summed E-state index contributed by atoms with van der Waals surface area (Å²) in [6, 6.07) is 0. The van der Waals surface area contributed by atoms with Crippen LogP contribution in [-0.2, 0) is 0 Å². The van der Waals surface area contributed by atoms with Crippen molar-refractivity contribution in [2.24, 2.45) is 0 Å². The number of hydrogen-bond donors (Lipinski definition) is 2. The van der Waals surface area contributed by atoms with E-state index in [9.17, 15) is 4.39 Å². The molecule has 0 aromatic rings. The fourth-order valence-electron chi connectivity index (χ4n) is 0.0398. The highest BCUT2D eigenvalue weighted by Gasteiger charge is 1.96. The summed E-state index contributed by atoms with van der Waals surface area (Å²) in [7, 11) is 0. The highest BCUT2D eigenvalue weighted by Crippen LogP contribution is 1.82. The molecule has 0 heterocycles. The van der Waals surface area contributed by atoms with Crippen molar-refractivity contribution in [1.29, 1.82) is 0 Å². The normalized spacial score (nSPS) is 14.5. The van der Waals surface area contributed by atoms with Gasteiger partial charge in [0.2, 0.25) is 0 Å². The van der Waals surface area contributed by atoms with E-state index in [1.54, 1.807) is 0 Å². The third-order valence-corrected chi connectivity index (χ3v) is 0.330. The minimum atomic E-state index is -1.30. The van der Waals surface area contributed by atoms with Crippen LogP contribution < -0.4 is 0 Å². The predicted octanol–water partition coefficient (Wildman–Crippen LogP) is -0.149. The van der Waals surface area contributed by atoms with Crippen molar-refractivity contribution in [2.75, 3.05) is 6.67 Å². The van der Waals surface area contributed by atoms with E-state index in [-0.39, 0.29) is 0 Å². The van der Waals surface area contributed by atoms with Crippen LogP contribution in [0.2, 0.25) is 0 Å². The van der Waals surface area contributed by atoms with Crippen LogP contribution in [0.1, 0.15) is 0 Å². The zero-order chi connectivity index (χ0) is 4.99. The van der Waals surface area contributed by atoms with Crippen LogP contribution >= 0.6 is 0 Å². The zero-order valence-corrected chi connectivity index (χ0v) is 3.13. The first-order valence-electron chi connectivity index (χ1n) is 1.53. The van der Waals surface area contributed by atoms with Gasteiger partial charge in [0.05, 0.1) is 0 Å². The minimum Gasteiger partial charge on any atom is -0.388 e. The first-order valence-corrected chi connectivity index (χ1v) is 1.53. The SMILES string of the molecule is O[CH]C(O)CF. The van der Waals surface area contributed by atoms with E-state index in [4.69, 9.17) is 10.2 Å². The maximum Gasteiger partial charge on any atom is 0.118 e. The Morgan fingerprint density at radius 1 is 1.83 bits per heavy atom. The lowest BCUT2D eigenvalue weighted by molar-refractivity contribution is 0.117. The lowest BCUT2D eigenvalue weighted by Gasteiger charge is -1.93. The van der Waals surface area contributed by atoms with Gasteiger partial charge in [0, 0.05) is 0 Å². The molecule has 1 atom stereocenters. The average molecular weight is 93.1 g/mol. The molecular weight excluding hydrogens is 87.0 g/mol. The maximum absolute atomic E-state index is 10.9. The van der Waals surface area contributed by atoms with Gasteiger partial charge in [-0.2, -0.15) is 0 Å². The smallest absolute Gasteiger partial charge is 0.118 e. The summed E-state index contributed by atoms with van der Waals surface area (Å²) in [5.41, 5.74) is 0. The fraction of sp³-hybridized carbons (Fsp3) is 0.667. The van der Waals surface area contributed by atoms with E-state index in [1.807, 2.05) is 0 Å². The molecule has 6 heavy (non-hydrogen) atoms. The van der Waals surface area contributed by atoms with Gasteiger partial charge in [-0.05, 0) is 0 Å². The van der Waals surface area contributed by atoms with Gasteiger partial charge in [0.15, 0.2) is 0 Å². The molecule has 0 spiro atoms.